The molecule has 0 unspecified atom stereocenters. The van der Waals surface area contributed by atoms with Crippen LogP contribution in [0.5, 0.6) is 0 Å². The Kier molecular flexibility index (Phi) is 8.07. The number of rotatable bonds is 9. The summed E-state index contributed by atoms with van der Waals surface area (Å²) in [6, 6.07) is 9.43. The predicted octanol–water partition coefficient (Wildman–Crippen LogP) is 0.888. The summed E-state index contributed by atoms with van der Waals surface area (Å²) in [5, 5.41) is 5.33. The van der Waals surface area contributed by atoms with Gasteiger partial charge in [0.15, 0.2) is 0 Å². The lowest BCUT2D eigenvalue weighted by molar-refractivity contribution is -0.125. The monoisotopic (exact) mass is 278 g/mol. The molecule has 0 aliphatic heterocycles. The highest BCUT2D eigenvalue weighted by Crippen LogP contribution is 1.98. The summed E-state index contributed by atoms with van der Waals surface area (Å²) in [5.74, 6) is -0.330. The Balaban J connectivity index is 2.10. The topological polar surface area (TPSA) is 67.4 Å². The molecule has 2 N–H and O–H groups in total. The van der Waals surface area contributed by atoms with Crippen molar-refractivity contribution in [3.8, 4) is 0 Å². The zero-order valence-corrected chi connectivity index (χ0v) is 11.9. The summed E-state index contributed by atoms with van der Waals surface area (Å²) >= 11 is 0. The van der Waals surface area contributed by atoms with Gasteiger partial charge in [-0.05, 0) is 18.9 Å². The Hall–Kier alpha value is -1.88. The van der Waals surface area contributed by atoms with Crippen LogP contribution < -0.4 is 10.6 Å². The molecule has 0 aliphatic carbocycles. The van der Waals surface area contributed by atoms with Gasteiger partial charge in [0.2, 0.25) is 11.8 Å². The van der Waals surface area contributed by atoms with E-state index in [-0.39, 0.29) is 18.4 Å². The van der Waals surface area contributed by atoms with Crippen LogP contribution in [0.3, 0.4) is 0 Å². The van der Waals surface area contributed by atoms with Crippen LogP contribution in [-0.4, -0.2) is 38.1 Å². The van der Waals surface area contributed by atoms with E-state index in [9.17, 15) is 9.59 Å². The highest BCUT2D eigenvalue weighted by molar-refractivity contribution is 5.85. The Bertz CT molecular complexity index is 407. The van der Waals surface area contributed by atoms with Gasteiger partial charge >= 0.3 is 0 Å². The fourth-order valence-electron chi connectivity index (χ4n) is 1.63. The Morgan fingerprint density at radius 3 is 2.55 bits per heavy atom. The highest BCUT2D eigenvalue weighted by atomic mass is 16.5. The van der Waals surface area contributed by atoms with Crippen molar-refractivity contribution in [2.24, 2.45) is 0 Å². The molecule has 0 aromatic heterocycles. The van der Waals surface area contributed by atoms with E-state index in [4.69, 9.17) is 4.74 Å². The van der Waals surface area contributed by atoms with Crippen molar-refractivity contribution in [2.45, 2.75) is 19.8 Å². The third-order valence-electron chi connectivity index (χ3n) is 2.65. The zero-order chi connectivity index (χ0) is 14.6. The number of ether oxygens (including phenoxy) is 1. The van der Waals surface area contributed by atoms with E-state index in [1.54, 1.807) is 0 Å². The molecule has 1 aromatic carbocycles. The van der Waals surface area contributed by atoms with Crippen LogP contribution in [0.1, 0.15) is 18.9 Å². The van der Waals surface area contributed by atoms with Crippen molar-refractivity contribution in [2.75, 3.05) is 26.3 Å². The first-order valence-electron chi connectivity index (χ1n) is 6.87. The maximum Gasteiger partial charge on any atom is 0.239 e. The van der Waals surface area contributed by atoms with Gasteiger partial charge in [0, 0.05) is 19.8 Å². The lowest BCUT2D eigenvalue weighted by Crippen LogP contribution is -2.38. The van der Waals surface area contributed by atoms with E-state index in [1.165, 1.54) is 0 Å². The summed E-state index contributed by atoms with van der Waals surface area (Å²) in [4.78, 5) is 23.1. The van der Waals surface area contributed by atoms with Crippen LogP contribution in [0, 0.1) is 0 Å². The summed E-state index contributed by atoms with van der Waals surface area (Å²) in [6.45, 7) is 3.83. The van der Waals surface area contributed by atoms with Crippen LogP contribution in [0.4, 0.5) is 0 Å². The number of carbonyl (C=O) groups excluding carboxylic acids is 2. The van der Waals surface area contributed by atoms with Gasteiger partial charge in [-0.2, -0.15) is 0 Å². The van der Waals surface area contributed by atoms with Crippen LogP contribution in [-0.2, 0) is 20.7 Å². The SMILES string of the molecule is CCOCCCNC(=O)CNC(=O)Cc1ccccc1. The van der Waals surface area contributed by atoms with Crippen molar-refractivity contribution in [3.05, 3.63) is 35.9 Å². The average Bonchev–Trinajstić information content (AvgIpc) is 2.46. The smallest absolute Gasteiger partial charge is 0.239 e. The van der Waals surface area contributed by atoms with Gasteiger partial charge in [0.05, 0.1) is 13.0 Å². The minimum Gasteiger partial charge on any atom is -0.382 e. The summed E-state index contributed by atoms with van der Waals surface area (Å²) < 4.78 is 5.16. The summed E-state index contributed by atoms with van der Waals surface area (Å²) in [6.07, 6.45) is 1.07. The van der Waals surface area contributed by atoms with Crippen LogP contribution >= 0.6 is 0 Å². The largest absolute Gasteiger partial charge is 0.382 e. The lowest BCUT2D eigenvalue weighted by atomic mass is 10.1. The fourth-order valence-corrected chi connectivity index (χ4v) is 1.63. The molecule has 1 aromatic rings. The highest BCUT2D eigenvalue weighted by Gasteiger charge is 2.05. The van der Waals surface area contributed by atoms with E-state index < -0.39 is 0 Å². The van der Waals surface area contributed by atoms with Crippen molar-refractivity contribution in [1.29, 1.82) is 0 Å². The molecular weight excluding hydrogens is 256 g/mol. The molecule has 20 heavy (non-hydrogen) atoms. The maximum atomic E-state index is 11.6. The molecule has 0 atom stereocenters. The fraction of sp³-hybridized carbons (Fsp3) is 0.467. The van der Waals surface area contributed by atoms with Gasteiger partial charge in [-0.3, -0.25) is 9.59 Å². The van der Waals surface area contributed by atoms with Crippen LogP contribution in [0.25, 0.3) is 0 Å². The number of hydrogen-bond donors (Lipinski definition) is 2. The molecule has 110 valence electrons. The molecule has 1 rings (SSSR count). The second-order valence-electron chi connectivity index (χ2n) is 4.34. The zero-order valence-electron chi connectivity index (χ0n) is 11.9. The first kappa shape index (κ1) is 16.2. The normalized spacial score (nSPS) is 10.1. The van der Waals surface area contributed by atoms with Gasteiger partial charge in [0.25, 0.3) is 0 Å². The molecule has 0 aliphatic rings. The molecule has 0 spiro atoms. The van der Waals surface area contributed by atoms with E-state index in [0.29, 0.717) is 26.2 Å². The minimum atomic E-state index is -0.178. The molecular formula is C15H22N2O3. The molecule has 0 heterocycles. The van der Waals surface area contributed by atoms with Crippen LogP contribution in [0.15, 0.2) is 30.3 Å². The molecule has 2 amide bonds. The first-order valence-corrected chi connectivity index (χ1v) is 6.87. The van der Waals surface area contributed by atoms with Gasteiger partial charge in [-0.15, -0.1) is 0 Å². The number of hydrogen-bond acceptors (Lipinski definition) is 3. The van der Waals surface area contributed by atoms with E-state index in [0.717, 1.165) is 12.0 Å². The quantitative estimate of drug-likeness (QED) is 0.659. The standard InChI is InChI=1S/C15H22N2O3/c1-2-20-10-6-9-16-15(19)12-17-14(18)11-13-7-4-3-5-8-13/h3-5,7-8H,2,6,9-12H2,1H3,(H,16,19)(H,17,18). The molecule has 0 saturated heterocycles. The molecule has 0 radical (unpaired) electrons. The average molecular weight is 278 g/mol. The van der Waals surface area contributed by atoms with Crippen LogP contribution in [0.2, 0.25) is 0 Å². The Morgan fingerprint density at radius 2 is 1.85 bits per heavy atom. The predicted molar refractivity (Wildman–Crippen MR) is 77.3 cm³/mol. The summed E-state index contributed by atoms with van der Waals surface area (Å²) in [7, 11) is 0. The van der Waals surface area contributed by atoms with Gasteiger partial charge in [-0.25, -0.2) is 0 Å². The number of nitrogens with one attached hydrogen (secondary N) is 2. The van der Waals surface area contributed by atoms with E-state index in [1.807, 2.05) is 37.3 Å². The summed E-state index contributed by atoms with van der Waals surface area (Å²) in [5.41, 5.74) is 0.933. The Labute approximate surface area is 119 Å². The maximum absolute atomic E-state index is 11.6. The van der Waals surface area contributed by atoms with Crippen molar-refractivity contribution >= 4 is 11.8 Å². The van der Waals surface area contributed by atoms with Gasteiger partial charge in [-0.1, -0.05) is 30.3 Å². The van der Waals surface area contributed by atoms with Crippen molar-refractivity contribution < 1.29 is 14.3 Å². The third kappa shape index (κ3) is 7.53. The van der Waals surface area contributed by atoms with Gasteiger partial charge in [0.1, 0.15) is 0 Å². The molecule has 0 fully saturated rings. The van der Waals surface area contributed by atoms with Crippen molar-refractivity contribution in [3.63, 3.8) is 0 Å². The number of carbonyl (C=O) groups is 2. The second kappa shape index (κ2) is 9.97. The number of amides is 2. The number of benzene rings is 1. The van der Waals surface area contributed by atoms with E-state index >= 15 is 0 Å². The van der Waals surface area contributed by atoms with Gasteiger partial charge < -0.3 is 15.4 Å². The van der Waals surface area contributed by atoms with E-state index in [2.05, 4.69) is 10.6 Å². The molecule has 0 saturated carbocycles. The van der Waals surface area contributed by atoms with Crippen molar-refractivity contribution in [1.82, 2.24) is 10.6 Å². The lowest BCUT2D eigenvalue weighted by Gasteiger charge is -2.07. The second-order valence-corrected chi connectivity index (χ2v) is 4.34. The molecule has 0 bridgehead atoms. The first-order chi connectivity index (χ1) is 9.72. The Morgan fingerprint density at radius 1 is 1.10 bits per heavy atom. The minimum absolute atomic E-state index is 0.0142. The molecule has 5 heteroatoms. The molecule has 5 nitrogen and oxygen atoms in total. The third-order valence-corrected chi connectivity index (χ3v) is 2.65.